The molecular formula is C17H20FN3O3. The molecule has 1 aromatic heterocycles. The van der Waals surface area contributed by atoms with Crippen LogP contribution in [0.1, 0.15) is 12.0 Å². The molecule has 7 heteroatoms. The molecule has 1 aliphatic rings. The summed E-state index contributed by atoms with van der Waals surface area (Å²) >= 11 is 0. The van der Waals surface area contributed by atoms with Gasteiger partial charge in [0, 0.05) is 19.6 Å². The van der Waals surface area contributed by atoms with Gasteiger partial charge in [-0.1, -0.05) is 6.07 Å². The quantitative estimate of drug-likeness (QED) is 0.808. The van der Waals surface area contributed by atoms with Crippen molar-refractivity contribution in [3.63, 3.8) is 0 Å². The fourth-order valence-electron chi connectivity index (χ4n) is 2.72. The van der Waals surface area contributed by atoms with E-state index in [1.165, 1.54) is 13.2 Å². The third kappa shape index (κ3) is 3.91. The van der Waals surface area contributed by atoms with Crippen molar-refractivity contribution in [3.05, 3.63) is 42.0 Å². The summed E-state index contributed by atoms with van der Waals surface area (Å²) in [5.41, 5.74) is 0.912. The van der Waals surface area contributed by atoms with Crippen molar-refractivity contribution in [3.8, 4) is 17.5 Å². The van der Waals surface area contributed by atoms with Crippen LogP contribution in [0.5, 0.6) is 17.5 Å². The maximum atomic E-state index is 13.8. The van der Waals surface area contributed by atoms with Crippen LogP contribution in [0.25, 0.3) is 0 Å². The number of methoxy groups -OCH3 is 2. The van der Waals surface area contributed by atoms with E-state index in [1.54, 1.807) is 25.6 Å². The predicted molar refractivity (Wildman–Crippen MR) is 85.8 cm³/mol. The van der Waals surface area contributed by atoms with E-state index in [4.69, 9.17) is 14.2 Å². The van der Waals surface area contributed by atoms with E-state index < -0.39 is 0 Å². The van der Waals surface area contributed by atoms with Crippen molar-refractivity contribution < 1.29 is 18.6 Å². The maximum absolute atomic E-state index is 13.8. The van der Waals surface area contributed by atoms with Crippen LogP contribution in [0.3, 0.4) is 0 Å². The molecule has 0 saturated carbocycles. The van der Waals surface area contributed by atoms with Crippen molar-refractivity contribution >= 4 is 0 Å². The van der Waals surface area contributed by atoms with E-state index in [1.807, 2.05) is 6.07 Å². The summed E-state index contributed by atoms with van der Waals surface area (Å²) in [6.45, 7) is 2.31. The number of hydrogen-bond donors (Lipinski definition) is 0. The monoisotopic (exact) mass is 333 g/mol. The number of rotatable bonds is 6. The predicted octanol–water partition coefficient (Wildman–Crippen LogP) is 2.29. The second-order valence-corrected chi connectivity index (χ2v) is 5.64. The van der Waals surface area contributed by atoms with Crippen LogP contribution < -0.4 is 14.2 Å². The minimum absolute atomic E-state index is 0.0292. The lowest BCUT2D eigenvalue weighted by Crippen LogP contribution is -2.25. The largest absolute Gasteiger partial charge is 0.494 e. The molecule has 3 rings (SSSR count). The SMILES string of the molecule is COc1cnc(OC2CCN(Cc3ccc(OC)c(F)c3)C2)nc1. The van der Waals surface area contributed by atoms with Crippen LogP contribution in [0.15, 0.2) is 30.6 Å². The minimum Gasteiger partial charge on any atom is -0.494 e. The normalized spacial score (nSPS) is 17.7. The Morgan fingerprint density at radius 2 is 2.00 bits per heavy atom. The Balaban J connectivity index is 1.54. The van der Waals surface area contributed by atoms with E-state index in [2.05, 4.69) is 14.9 Å². The molecule has 128 valence electrons. The van der Waals surface area contributed by atoms with Gasteiger partial charge in [-0.3, -0.25) is 4.90 Å². The third-order valence-electron chi connectivity index (χ3n) is 3.96. The molecule has 0 radical (unpaired) electrons. The molecule has 0 spiro atoms. The third-order valence-corrected chi connectivity index (χ3v) is 3.96. The zero-order valence-corrected chi connectivity index (χ0v) is 13.7. The molecule has 0 aliphatic carbocycles. The number of likely N-dealkylation sites (tertiary alicyclic amines) is 1. The first kappa shape index (κ1) is 16.4. The number of aromatic nitrogens is 2. The molecule has 1 atom stereocenters. The van der Waals surface area contributed by atoms with E-state index in [9.17, 15) is 4.39 Å². The van der Waals surface area contributed by atoms with Crippen molar-refractivity contribution in [2.75, 3.05) is 27.3 Å². The summed E-state index contributed by atoms with van der Waals surface area (Å²) < 4.78 is 29.5. The highest BCUT2D eigenvalue weighted by Crippen LogP contribution is 2.21. The minimum atomic E-state index is -0.339. The fraction of sp³-hybridized carbons (Fsp3) is 0.412. The van der Waals surface area contributed by atoms with Gasteiger partial charge in [-0.15, -0.1) is 0 Å². The molecule has 1 unspecified atom stereocenters. The molecular weight excluding hydrogens is 313 g/mol. The zero-order chi connectivity index (χ0) is 16.9. The van der Waals surface area contributed by atoms with Gasteiger partial charge in [0.2, 0.25) is 0 Å². The number of nitrogens with zero attached hydrogens (tertiary/aromatic N) is 3. The smallest absolute Gasteiger partial charge is 0.316 e. The summed E-state index contributed by atoms with van der Waals surface area (Å²) in [5.74, 6) is 0.517. The number of ether oxygens (including phenoxy) is 3. The van der Waals surface area contributed by atoms with Gasteiger partial charge in [0.15, 0.2) is 17.3 Å². The zero-order valence-electron chi connectivity index (χ0n) is 13.7. The molecule has 2 aromatic rings. The van der Waals surface area contributed by atoms with Crippen molar-refractivity contribution in [2.24, 2.45) is 0 Å². The Hall–Kier alpha value is -2.41. The van der Waals surface area contributed by atoms with Crippen LogP contribution >= 0.6 is 0 Å². The summed E-state index contributed by atoms with van der Waals surface area (Å²) in [6.07, 6.45) is 4.07. The van der Waals surface area contributed by atoms with Gasteiger partial charge in [0.05, 0.1) is 26.6 Å². The average molecular weight is 333 g/mol. The van der Waals surface area contributed by atoms with E-state index >= 15 is 0 Å². The summed E-state index contributed by atoms with van der Waals surface area (Å²) in [6, 6.07) is 5.39. The molecule has 1 aromatic carbocycles. The summed E-state index contributed by atoms with van der Waals surface area (Å²) in [7, 11) is 3.03. The number of halogens is 1. The van der Waals surface area contributed by atoms with Crippen LogP contribution in [-0.2, 0) is 6.54 Å². The van der Waals surface area contributed by atoms with Crippen molar-refractivity contribution in [2.45, 2.75) is 19.1 Å². The average Bonchev–Trinajstić information content (AvgIpc) is 3.02. The Labute approximate surface area is 140 Å². The van der Waals surface area contributed by atoms with Crippen LogP contribution in [0, 0.1) is 5.82 Å². The highest BCUT2D eigenvalue weighted by Gasteiger charge is 2.25. The van der Waals surface area contributed by atoms with Gasteiger partial charge in [-0.05, 0) is 24.1 Å². The van der Waals surface area contributed by atoms with Gasteiger partial charge in [-0.25, -0.2) is 4.39 Å². The summed E-state index contributed by atoms with van der Waals surface area (Å²) in [5, 5.41) is 0. The molecule has 2 heterocycles. The van der Waals surface area contributed by atoms with E-state index in [-0.39, 0.29) is 17.7 Å². The fourth-order valence-corrected chi connectivity index (χ4v) is 2.72. The Bertz CT molecular complexity index is 681. The molecule has 0 N–H and O–H groups in total. The van der Waals surface area contributed by atoms with Gasteiger partial charge in [-0.2, -0.15) is 9.97 Å². The lowest BCUT2D eigenvalue weighted by Gasteiger charge is -2.16. The van der Waals surface area contributed by atoms with Crippen molar-refractivity contribution in [1.82, 2.24) is 14.9 Å². The lowest BCUT2D eigenvalue weighted by atomic mass is 10.2. The second-order valence-electron chi connectivity index (χ2n) is 5.64. The second kappa shape index (κ2) is 7.44. The van der Waals surface area contributed by atoms with Crippen LogP contribution in [0.2, 0.25) is 0 Å². The molecule has 6 nitrogen and oxygen atoms in total. The van der Waals surface area contributed by atoms with Crippen LogP contribution in [0.4, 0.5) is 4.39 Å². The number of benzene rings is 1. The molecule has 1 saturated heterocycles. The van der Waals surface area contributed by atoms with Crippen LogP contribution in [-0.4, -0.2) is 48.3 Å². The number of hydrogen-bond acceptors (Lipinski definition) is 6. The van der Waals surface area contributed by atoms with E-state index in [0.717, 1.165) is 25.1 Å². The molecule has 1 fully saturated rings. The van der Waals surface area contributed by atoms with E-state index in [0.29, 0.717) is 18.3 Å². The van der Waals surface area contributed by atoms with Gasteiger partial charge in [0.1, 0.15) is 6.10 Å². The molecule has 1 aliphatic heterocycles. The first-order chi connectivity index (χ1) is 11.7. The van der Waals surface area contributed by atoms with Gasteiger partial charge in [0.25, 0.3) is 0 Å². The first-order valence-electron chi connectivity index (χ1n) is 7.75. The maximum Gasteiger partial charge on any atom is 0.316 e. The Morgan fingerprint density at radius 1 is 1.21 bits per heavy atom. The molecule has 24 heavy (non-hydrogen) atoms. The molecule has 0 bridgehead atoms. The van der Waals surface area contributed by atoms with Crippen molar-refractivity contribution in [1.29, 1.82) is 0 Å². The Morgan fingerprint density at radius 3 is 2.67 bits per heavy atom. The lowest BCUT2D eigenvalue weighted by molar-refractivity contribution is 0.183. The standard InChI is InChI=1S/C17H20FN3O3/c1-22-14-8-19-17(20-9-14)24-13-5-6-21(11-13)10-12-3-4-16(23-2)15(18)7-12/h3-4,7-9,13H,5-6,10-11H2,1-2H3. The highest BCUT2D eigenvalue weighted by atomic mass is 19.1. The van der Waals surface area contributed by atoms with Gasteiger partial charge < -0.3 is 14.2 Å². The highest BCUT2D eigenvalue weighted by molar-refractivity contribution is 5.29. The molecule has 0 amide bonds. The topological polar surface area (TPSA) is 56.7 Å². The van der Waals surface area contributed by atoms with Gasteiger partial charge >= 0.3 is 6.01 Å². The first-order valence-corrected chi connectivity index (χ1v) is 7.75. The Kier molecular flexibility index (Phi) is 5.10. The summed E-state index contributed by atoms with van der Waals surface area (Å²) in [4.78, 5) is 10.4.